The zero-order valence-corrected chi connectivity index (χ0v) is 20.9. The van der Waals surface area contributed by atoms with Crippen molar-refractivity contribution in [2.45, 2.75) is 88.3 Å². The monoisotopic (exact) mass is 455 g/mol. The molecule has 2 aliphatic heterocycles. The van der Waals surface area contributed by atoms with Crippen LogP contribution in [0.5, 0.6) is 0 Å². The van der Waals surface area contributed by atoms with Crippen LogP contribution >= 0.6 is 0 Å². The van der Waals surface area contributed by atoms with E-state index in [0.29, 0.717) is 11.5 Å². The maximum Gasteiger partial charge on any atom is 0.253 e. The zero-order valence-electron chi connectivity index (χ0n) is 20.9. The SMILES string of the molecule is COC(C(=O)N(C)CC1CCC(CCc2ccccc2)(N2CCCC2)CC1)C1CCCCN1. The summed E-state index contributed by atoms with van der Waals surface area (Å²) in [6.45, 7) is 4.38. The molecule has 2 atom stereocenters. The van der Waals surface area contributed by atoms with Gasteiger partial charge in [-0.3, -0.25) is 9.69 Å². The Morgan fingerprint density at radius 1 is 1.12 bits per heavy atom. The molecule has 2 saturated heterocycles. The number of likely N-dealkylation sites (N-methyl/N-ethyl adjacent to an activating group) is 1. The fourth-order valence-electron chi connectivity index (χ4n) is 6.60. The normalized spacial score (nSPS) is 29.6. The Kier molecular flexibility index (Phi) is 8.84. The van der Waals surface area contributed by atoms with Crippen LogP contribution in [0.15, 0.2) is 30.3 Å². The highest BCUT2D eigenvalue weighted by Crippen LogP contribution is 2.41. The highest BCUT2D eigenvalue weighted by molar-refractivity contribution is 5.81. The number of carbonyl (C=O) groups is 1. The average Bonchev–Trinajstić information content (AvgIpc) is 3.41. The van der Waals surface area contributed by atoms with Gasteiger partial charge in [0.25, 0.3) is 5.91 Å². The van der Waals surface area contributed by atoms with Gasteiger partial charge in [-0.25, -0.2) is 0 Å². The van der Waals surface area contributed by atoms with Crippen LogP contribution in [0.4, 0.5) is 0 Å². The highest BCUT2D eigenvalue weighted by atomic mass is 16.5. The Labute approximate surface area is 201 Å². The molecule has 2 heterocycles. The second-order valence-electron chi connectivity index (χ2n) is 10.8. The Morgan fingerprint density at radius 3 is 2.48 bits per heavy atom. The van der Waals surface area contributed by atoms with E-state index >= 15 is 0 Å². The van der Waals surface area contributed by atoms with Gasteiger partial charge in [-0.05, 0) is 95.3 Å². The first-order chi connectivity index (χ1) is 16.1. The number of aryl methyl sites for hydroxylation is 1. The van der Waals surface area contributed by atoms with E-state index in [4.69, 9.17) is 4.74 Å². The van der Waals surface area contributed by atoms with Gasteiger partial charge in [-0.15, -0.1) is 0 Å². The summed E-state index contributed by atoms with van der Waals surface area (Å²) in [7, 11) is 3.67. The predicted molar refractivity (Wildman–Crippen MR) is 134 cm³/mol. The van der Waals surface area contributed by atoms with Gasteiger partial charge in [0.2, 0.25) is 0 Å². The number of benzene rings is 1. The molecule has 1 N–H and O–H groups in total. The molecule has 3 fully saturated rings. The minimum absolute atomic E-state index is 0.150. The van der Waals surface area contributed by atoms with Crippen LogP contribution in [0.2, 0.25) is 0 Å². The number of nitrogens with one attached hydrogen (secondary N) is 1. The predicted octanol–water partition coefficient (Wildman–Crippen LogP) is 4.26. The van der Waals surface area contributed by atoms with Gasteiger partial charge >= 0.3 is 0 Å². The van der Waals surface area contributed by atoms with Crippen LogP contribution in [0, 0.1) is 5.92 Å². The number of nitrogens with zero attached hydrogens (tertiary/aromatic N) is 2. The van der Waals surface area contributed by atoms with E-state index in [9.17, 15) is 4.79 Å². The maximum absolute atomic E-state index is 13.2. The van der Waals surface area contributed by atoms with Crippen molar-refractivity contribution in [3.8, 4) is 0 Å². The Hall–Kier alpha value is -1.43. The molecule has 1 saturated carbocycles. The molecule has 4 rings (SSSR count). The summed E-state index contributed by atoms with van der Waals surface area (Å²) in [5.74, 6) is 0.751. The van der Waals surface area contributed by atoms with Crippen molar-refractivity contribution >= 4 is 5.91 Å². The van der Waals surface area contributed by atoms with E-state index < -0.39 is 0 Å². The summed E-state index contributed by atoms with van der Waals surface area (Å²) in [5, 5.41) is 3.50. The third-order valence-electron chi connectivity index (χ3n) is 8.65. The summed E-state index contributed by atoms with van der Waals surface area (Å²) < 4.78 is 5.68. The second kappa shape index (κ2) is 11.8. The summed E-state index contributed by atoms with van der Waals surface area (Å²) >= 11 is 0. The Bertz CT molecular complexity index is 720. The molecule has 5 nitrogen and oxygen atoms in total. The summed E-state index contributed by atoms with van der Waals surface area (Å²) in [5.41, 5.74) is 1.82. The molecule has 2 unspecified atom stereocenters. The van der Waals surface area contributed by atoms with Crippen molar-refractivity contribution in [2.24, 2.45) is 5.92 Å². The number of rotatable bonds is 9. The minimum atomic E-state index is -0.353. The lowest BCUT2D eigenvalue weighted by molar-refractivity contribution is -0.143. The molecule has 3 aliphatic rings. The second-order valence-corrected chi connectivity index (χ2v) is 10.8. The van der Waals surface area contributed by atoms with Gasteiger partial charge in [-0.1, -0.05) is 36.8 Å². The molecule has 1 amide bonds. The molecule has 1 aromatic rings. The van der Waals surface area contributed by atoms with Gasteiger partial charge in [0, 0.05) is 32.3 Å². The van der Waals surface area contributed by atoms with Crippen LogP contribution in [-0.2, 0) is 16.0 Å². The molecule has 1 aromatic carbocycles. The van der Waals surface area contributed by atoms with Crippen molar-refractivity contribution in [2.75, 3.05) is 40.3 Å². The van der Waals surface area contributed by atoms with E-state index in [1.165, 1.54) is 82.9 Å². The van der Waals surface area contributed by atoms with E-state index in [0.717, 1.165) is 19.5 Å². The lowest BCUT2D eigenvalue weighted by atomic mass is 9.72. The molecule has 5 heteroatoms. The summed E-state index contributed by atoms with van der Waals surface area (Å²) in [6.07, 6.45) is 13.2. The van der Waals surface area contributed by atoms with E-state index in [2.05, 4.69) is 40.5 Å². The van der Waals surface area contributed by atoms with Crippen LogP contribution in [0.3, 0.4) is 0 Å². The lowest BCUT2D eigenvalue weighted by Crippen LogP contribution is -2.53. The van der Waals surface area contributed by atoms with Crippen molar-refractivity contribution in [1.82, 2.24) is 15.1 Å². The van der Waals surface area contributed by atoms with Gasteiger partial charge in [-0.2, -0.15) is 0 Å². The van der Waals surface area contributed by atoms with Gasteiger partial charge in [0.15, 0.2) is 6.10 Å². The summed E-state index contributed by atoms with van der Waals surface area (Å²) in [6, 6.07) is 11.1. The maximum atomic E-state index is 13.2. The standard InChI is InChI=1S/C28H45N3O2/c1-30(27(32)26(33-2)25-12-6-7-19-29-25)22-24-14-17-28(18-15-24,31-20-8-9-21-31)16-13-23-10-4-3-5-11-23/h3-5,10-11,24-26,29H,6-9,12-22H2,1-2H3. The topological polar surface area (TPSA) is 44.8 Å². The minimum Gasteiger partial charge on any atom is -0.370 e. The fraction of sp³-hybridized carbons (Fsp3) is 0.750. The molecule has 0 bridgehead atoms. The number of piperidine rings is 1. The average molecular weight is 456 g/mol. The zero-order chi connectivity index (χ0) is 23.1. The van der Waals surface area contributed by atoms with Crippen LogP contribution < -0.4 is 5.32 Å². The molecular formula is C28H45N3O2. The van der Waals surface area contributed by atoms with Crippen LogP contribution in [0.25, 0.3) is 0 Å². The Morgan fingerprint density at radius 2 is 1.85 bits per heavy atom. The fourth-order valence-corrected chi connectivity index (χ4v) is 6.60. The molecular weight excluding hydrogens is 410 g/mol. The number of ether oxygens (including phenoxy) is 1. The quantitative estimate of drug-likeness (QED) is 0.604. The third kappa shape index (κ3) is 6.17. The number of hydrogen-bond acceptors (Lipinski definition) is 4. The van der Waals surface area contributed by atoms with Crippen molar-refractivity contribution in [3.63, 3.8) is 0 Å². The number of amides is 1. The molecule has 1 aliphatic carbocycles. The highest BCUT2D eigenvalue weighted by Gasteiger charge is 2.41. The molecule has 0 spiro atoms. The van der Waals surface area contributed by atoms with Gasteiger partial charge in [0.05, 0.1) is 0 Å². The first-order valence-electron chi connectivity index (χ1n) is 13.4. The largest absolute Gasteiger partial charge is 0.370 e. The first kappa shape index (κ1) is 24.7. The smallest absolute Gasteiger partial charge is 0.253 e. The van der Waals surface area contributed by atoms with E-state index in [1.807, 2.05) is 11.9 Å². The van der Waals surface area contributed by atoms with Crippen LogP contribution in [0.1, 0.15) is 69.8 Å². The Balaban J connectivity index is 1.32. The third-order valence-corrected chi connectivity index (χ3v) is 8.65. The lowest BCUT2D eigenvalue weighted by Gasteiger charge is -2.47. The van der Waals surface area contributed by atoms with Crippen molar-refractivity contribution in [3.05, 3.63) is 35.9 Å². The molecule has 184 valence electrons. The summed E-state index contributed by atoms with van der Waals surface area (Å²) in [4.78, 5) is 18.0. The number of likely N-dealkylation sites (tertiary alicyclic amines) is 1. The number of methoxy groups -OCH3 is 1. The van der Waals surface area contributed by atoms with Gasteiger partial charge in [0.1, 0.15) is 0 Å². The van der Waals surface area contributed by atoms with Crippen molar-refractivity contribution < 1.29 is 9.53 Å². The number of carbonyl (C=O) groups excluding carboxylic acids is 1. The van der Waals surface area contributed by atoms with Gasteiger partial charge < -0.3 is 15.0 Å². The van der Waals surface area contributed by atoms with Crippen LogP contribution in [-0.4, -0.2) is 73.7 Å². The first-order valence-corrected chi connectivity index (χ1v) is 13.4. The molecule has 0 aromatic heterocycles. The number of hydrogen-bond donors (Lipinski definition) is 1. The van der Waals surface area contributed by atoms with E-state index in [1.54, 1.807) is 7.11 Å². The van der Waals surface area contributed by atoms with Crippen molar-refractivity contribution in [1.29, 1.82) is 0 Å². The molecule has 0 radical (unpaired) electrons. The van der Waals surface area contributed by atoms with E-state index in [-0.39, 0.29) is 18.1 Å². The molecule has 33 heavy (non-hydrogen) atoms.